The molecule has 0 aliphatic rings. The van der Waals surface area contributed by atoms with E-state index >= 15 is 0 Å². The summed E-state index contributed by atoms with van der Waals surface area (Å²) in [4.78, 5) is 4.03. The van der Waals surface area contributed by atoms with Crippen molar-refractivity contribution in [2.45, 2.75) is 6.92 Å². The third kappa shape index (κ3) is 3.66. The molecule has 122 valence electrons. The van der Waals surface area contributed by atoms with Gasteiger partial charge in [0, 0.05) is 23.5 Å². The second-order valence-corrected chi connectivity index (χ2v) is 5.18. The highest BCUT2D eigenvalue weighted by molar-refractivity contribution is 7.71. The van der Waals surface area contributed by atoms with Crippen LogP contribution in [0.25, 0.3) is 11.4 Å². The molecule has 24 heavy (non-hydrogen) atoms. The molecule has 0 spiro atoms. The van der Waals surface area contributed by atoms with Gasteiger partial charge in [-0.05, 0) is 49.5 Å². The van der Waals surface area contributed by atoms with Crippen molar-refractivity contribution in [3.05, 3.63) is 59.1 Å². The van der Waals surface area contributed by atoms with Gasteiger partial charge in [0.05, 0.1) is 12.8 Å². The van der Waals surface area contributed by atoms with Crippen LogP contribution >= 0.6 is 12.2 Å². The van der Waals surface area contributed by atoms with Crippen LogP contribution in [0.2, 0.25) is 0 Å². The molecule has 0 bridgehead atoms. The minimum atomic E-state index is 0.419. The number of aromatic nitrogens is 4. The lowest BCUT2D eigenvalue weighted by Crippen LogP contribution is -2.10. The monoisotopic (exact) mass is 340 g/mol. The largest absolute Gasteiger partial charge is 0.494 e. The average Bonchev–Trinajstić information content (AvgIpc) is 2.98. The summed E-state index contributed by atoms with van der Waals surface area (Å²) in [5.74, 6) is 1.44. The first-order valence-corrected chi connectivity index (χ1v) is 7.78. The molecule has 0 aliphatic heterocycles. The molecule has 0 aliphatic carbocycles. The van der Waals surface area contributed by atoms with E-state index in [-0.39, 0.29) is 0 Å². The smallest absolute Gasteiger partial charge is 0.216 e. The summed E-state index contributed by atoms with van der Waals surface area (Å²) in [6, 6.07) is 11.4. The third-order valence-corrected chi connectivity index (χ3v) is 3.43. The topological polar surface area (TPSA) is 80.1 Å². The Labute approximate surface area is 144 Å². The highest BCUT2D eigenvalue weighted by atomic mass is 32.1. The fraction of sp³-hybridized carbons (Fsp3) is 0.125. The van der Waals surface area contributed by atoms with Crippen LogP contribution in [0.4, 0.5) is 0 Å². The Morgan fingerprint density at radius 1 is 1.33 bits per heavy atom. The normalized spacial score (nSPS) is 10.9. The summed E-state index contributed by atoms with van der Waals surface area (Å²) in [5, 5.41) is 11.2. The van der Waals surface area contributed by atoms with Crippen molar-refractivity contribution in [2.24, 2.45) is 5.10 Å². The molecule has 1 aromatic carbocycles. The Morgan fingerprint density at radius 2 is 2.17 bits per heavy atom. The van der Waals surface area contributed by atoms with E-state index in [0.29, 0.717) is 17.2 Å². The van der Waals surface area contributed by atoms with Crippen LogP contribution in [-0.2, 0) is 0 Å². The van der Waals surface area contributed by atoms with Crippen LogP contribution in [0.1, 0.15) is 12.5 Å². The van der Waals surface area contributed by atoms with Gasteiger partial charge in [0.2, 0.25) is 4.77 Å². The number of hydrogen-bond acceptors (Lipinski definition) is 6. The molecule has 0 saturated heterocycles. The highest BCUT2D eigenvalue weighted by Crippen LogP contribution is 2.20. The first-order valence-electron chi connectivity index (χ1n) is 7.37. The molecule has 0 amide bonds. The van der Waals surface area contributed by atoms with Crippen molar-refractivity contribution >= 4 is 18.4 Å². The van der Waals surface area contributed by atoms with Crippen LogP contribution in [0.15, 0.2) is 53.9 Å². The number of rotatable bonds is 6. The van der Waals surface area contributed by atoms with Gasteiger partial charge in [-0.2, -0.15) is 14.9 Å². The summed E-state index contributed by atoms with van der Waals surface area (Å²) in [5.41, 5.74) is 4.64. The number of pyridine rings is 1. The van der Waals surface area contributed by atoms with Gasteiger partial charge in [0.1, 0.15) is 5.75 Å². The van der Waals surface area contributed by atoms with E-state index in [0.717, 1.165) is 16.9 Å². The quantitative estimate of drug-likeness (QED) is 0.410. The highest BCUT2D eigenvalue weighted by Gasteiger charge is 2.08. The maximum atomic E-state index is 5.45. The van der Waals surface area contributed by atoms with Crippen LogP contribution in [0, 0.1) is 4.77 Å². The minimum absolute atomic E-state index is 0.419. The molecule has 3 rings (SSSR count). The standard InChI is InChI=1S/C16H16N6OS/c1-2-23-14-7-5-13(6-8-14)15-19-20-16(24)22(15)21-18-11-12-4-3-9-17-10-12/h3-11,21H,2H2,1H3,(H,20,24)/b18-11+. The molecule has 0 unspecified atom stereocenters. The van der Waals surface area contributed by atoms with E-state index in [4.69, 9.17) is 17.0 Å². The Bertz CT molecular complexity index is 870. The van der Waals surface area contributed by atoms with Crippen molar-refractivity contribution in [2.75, 3.05) is 12.1 Å². The lowest BCUT2D eigenvalue weighted by atomic mass is 10.2. The van der Waals surface area contributed by atoms with Crippen LogP contribution < -0.4 is 10.3 Å². The molecular formula is C16H16N6OS. The number of nitrogens with zero attached hydrogens (tertiary/aromatic N) is 4. The van der Waals surface area contributed by atoms with Crippen molar-refractivity contribution in [3.8, 4) is 17.1 Å². The molecule has 0 saturated carbocycles. The molecule has 0 fully saturated rings. The van der Waals surface area contributed by atoms with Gasteiger partial charge in [-0.3, -0.25) is 4.98 Å². The lowest BCUT2D eigenvalue weighted by Gasteiger charge is -2.07. The van der Waals surface area contributed by atoms with Crippen molar-refractivity contribution < 1.29 is 4.74 Å². The zero-order chi connectivity index (χ0) is 16.8. The number of aromatic amines is 1. The number of H-pyrrole nitrogens is 1. The van der Waals surface area contributed by atoms with Crippen LogP contribution in [0.3, 0.4) is 0 Å². The fourth-order valence-electron chi connectivity index (χ4n) is 2.06. The molecule has 7 nitrogen and oxygen atoms in total. The summed E-state index contributed by atoms with van der Waals surface area (Å²) < 4.78 is 7.46. The van der Waals surface area contributed by atoms with E-state index in [2.05, 4.69) is 25.8 Å². The predicted octanol–water partition coefficient (Wildman–Crippen LogP) is 2.98. The fourth-order valence-corrected chi connectivity index (χ4v) is 2.24. The summed E-state index contributed by atoms with van der Waals surface area (Å²) in [7, 11) is 0. The SMILES string of the molecule is CCOc1ccc(-c2n[nH]c(=S)n2N/N=C/c2cccnc2)cc1. The Kier molecular flexibility index (Phi) is 4.97. The van der Waals surface area contributed by atoms with Gasteiger partial charge < -0.3 is 4.74 Å². The average molecular weight is 340 g/mol. The Morgan fingerprint density at radius 3 is 2.88 bits per heavy atom. The second kappa shape index (κ2) is 7.51. The first kappa shape index (κ1) is 15.9. The zero-order valence-corrected chi connectivity index (χ0v) is 13.8. The lowest BCUT2D eigenvalue weighted by molar-refractivity contribution is 0.340. The van der Waals surface area contributed by atoms with Gasteiger partial charge in [-0.1, -0.05) is 6.07 Å². The van der Waals surface area contributed by atoms with E-state index in [1.165, 1.54) is 0 Å². The number of benzene rings is 1. The van der Waals surface area contributed by atoms with Gasteiger partial charge in [0.15, 0.2) is 5.82 Å². The maximum absolute atomic E-state index is 5.45. The summed E-state index contributed by atoms with van der Waals surface area (Å²) in [6.07, 6.45) is 5.08. The molecule has 3 aromatic rings. The third-order valence-electron chi connectivity index (χ3n) is 3.15. The number of hydrazone groups is 1. The van der Waals surface area contributed by atoms with Crippen molar-refractivity contribution in [1.29, 1.82) is 0 Å². The van der Waals surface area contributed by atoms with Gasteiger partial charge in [0.25, 0.3) is 0 Å². The number of nitrogens with one attached hydrogen (secondary N) is 2. The van der Waals surface area contributed by atoms with Crippen LogP contribution in [0.5, 0.6) is 5.75 Å². The molecule has 0 atom stereocenters. The number of ether oxygens (including phenoxy) is 1. The van der Waals surface area contributed by atoms with E-state index in [1.807, 2.05) is 43.3 Å². The Balaban J connectivity index is 1.81. The molecular weight excluding hydrogens is 324 g/mol. The molecule has 2 N–H and O–H groups in total. The maximum Gasteiger partial charge on any atom is 0.216 e. The van der Waals surface area contributed by atoms with Crippen molar-refractivity contribution in [3.63, 3.8) is 0 Å². The Hall–Kier alpha value is -3.00. The van der Waals surface area contributed by atoms with Crippen molar-refractivity contribution in [1.82, 2.24) is 19.9 Å². The molecule has 0 radical (unpaired) electrons. The summed E-state index contributed by atoms with van der Waals surface area (Å²) >= 11 is 5.24. The van der Waals surface area contributed by atoms with Gasteiger partial charge in [-0.15, -0.1) is 0 Å². The second-order valence-electron chi connectivity index (χ2n) is 4.79. The van der Waals surface area contributed by atoms with Gasteiger partial charge >= 0.3 is 0 Å². The molecule has 2 aromatic heterocycles. The first-order chi connectivity index (χ1) is 11.8. The van der Waals surface area contributed by atoms with E-state index < -0.39 is 0 Å². The van der Waals surface area contributed by atoms with Crippen LogP contribution in [-0.4, -0.2) is 32.7 Å². The molecule has 2 heterocycles. The molecule has 8 heteroatoms. The number of hydrogen-bond donors (Lipinski definition) is 2. The summed E-state index contributed by atoms with van der Waals surface area (Å²) in [6.45, 7) is 2.58. The zero-order valence-electron chi connectivity index (χ0n) is 13.0. The van der Waals surface area contributed by atoms with Gasteiger partial charge in [-0.25, -0.2) is 10.6 Å². The van der Waals surface area contributed by atoms with E-state index in [1.54, 1.807) is 23.3 Å². The predicted molar refractivity (Wildman–Crippen MR) is 95.2 cm³/mol. The minimum Gasteiger partial charge on any atom is -0.494 e. The van der Waals surface area contributed by atoms with E-state index in [9.17, 15) is 0 Å².